The highest BCUT2D eigenvalue weighted by molar-refractivity contribution is 5.98. The van der Waals surface area contributed by atoms with Crippen molar-refractivity contribution in [2.24, 2.45) is 0 Å². The molecule has 0 aromatic heterocycles. The van der Waals surface area contributed by atoms with E-state index in [-0.39, 0.29) is 18.8 Å². The molecule has 1 fully saturated rings. The largest absolute Gasteiger partial charge is 0.483 e. The van der Waals surface area contributed by atoms with Crippen LogP contribution in [0.2, 0.25) is 0 Å². The van der Waals surface area contributed by atoms with E-state index in [0.717, 1.165) is 16.9 Å². The van der Waals surface area contributed by atoms with E-state index in [1.165, 1.54) is 6.92 Å². The minimum atomic E-state index is -1.06. The van der Waals surface area contributed by atoms with Crippen molar-refractivity contribution in [3.8, 4) is 11.5 Å². The summed E-state index contributed by atoms with van der Waals surface area (Å²) in [6, 6.07) is 5.03. The Morgan fingerprint density at radius 1 is 1.38 bits per heavy atom. The topological polar surface area (TPSA) is 94.2 Å². The van der Waals surface area contributed by atoms with E-state index in [2.05, 4.69) is 5.32 Å². The average molecular weight is 362 g/mol. The number of hydrogen-bond acceptors (Lipinski definition) is 6. The predicted molar refractivity (Wildman–Crippen MR) is 91.0 cm³/mol. The number of ether oxygens (including phenoxy) is 3. The highest BCUT2D eigenvalue weighted by atomic mass is 16.6. The third-order valence-electron chi connectivity index (χ3n) is 4.18. The van der Waals surface area contributed by atoms with Gasteiger partial charge in [-0.3, -0.25) is 9.69 Å². The molecule has 8 nitrogen and oxygen atoms in total. The Bertz CT molecular complexity index is 745. The molecular weight excluding hydrogens is 340 g/mol. The van der Waals surface area contributed by atoms with Gasteiger partial charge in [0.15, 0.2) is 24.2 Å². The van der Waals surface area contributed by atoms with Crippen molar-refractivity contribution in [3.05, 3.63) is 23.8 Å². The van der Waals surface area contributed by atoms with E-state index in [1.807, 2.05) is 26.0 Å². The first-order chi connectivity index (χ1) is 12.3. The molecule has 0 radical (unpaired) electrons. The molecule has 1 N–H and O–H groups in total. The van der Waals surface area contributed by atoms with Crippen molar-refractivity contribution in [3.63, 3.8) is 0 Å². The summed E-state index contributed by atoms with van der Waals surface area (Å²) in [5, 5.41) is 2.52. The number of para-hydroxylation sites is 1. The molecule has 1 aromatic carbocycles. The first-order valence-corrected chi connectivity index (χ1v) is 8.49. The second kappa shape index (κ2) is 6.86. The maximum atomic E-state index is 12.1. The zero-order valence-electron chi connectivity index (χ0n) is 15.0. The van der Waals surface area contributed by atoms with Crippen LogP contribution >= 0.6 is 0 Å². The number of hydrogen-bond donors (Lipinski definition) is 1. The molecule has 1 aromatic rings. The number of nitrogens with zero attached hydrogens (tertiary/aromatic N) is 1. The lowest BCUT2D eigenvalue weighted by Gasteiger charge is -2.19. The van der Waals surface area contributed by atoms with E-state index in [9.17, 15) is 14.4 Å². The number of rotatable bonds is 5. The van der Waals surface area contributed by atoms with Gasteiger partial charge < -0.3 is 19.5 Å². The molecule has 1 saturated heterocycles. The van der Waals surface area contributed by atoms with Crippen molar-refractivity contribution in [1.29, 1.82) is 0 Å². The summed E-state index contributed by atoms with van der Waals surface area (Å²) < 4.78 is 16.5. The molecular formula is C18H22N2O6. The summed E-state index contributed by atoms with van der Waals surface area (Å²) >= 11 is 0. The Kier molecular flexibility index (Phi) is 4.76. The Morgan fingerprint density at radius 2 is 2.15 bits per heavy atom. The highest BCUT2D eigenvalue weighted by Gasteiger charge is 2.33. The third kappa shape index (κ3) is 3.74. The second-order valence-corrected chi connectivity index (χ2v) is 6.93. The van der Waals surface area contributed by atoms with Crippen molar-refractivity contribution >= 4 is 17.9 Å². The maximum Gasteiger partial charge on any atom is 0.344 e. The molecule has 0 saturated carbocycles. The van der Waals surface area contributed by atoms with Crippen LogP contribution in [0.3, 0.4) is 0 Å². The lowest BCUT2D eigenvalue weighted by Crippen LogP contribution is -2.42. The van der Waals surface area contributed by atoms with E-state index in [4.69, 9.17) is 14.2 Å². The van der Waals surface area contributed by atoms with Crippen LogP contribution in [-0.2, 0) is 20.7 Å². The fourth-order valence-electron chi connectivity index (χ4n) is 3.02. The number of carbonyl (C=O) groups excluding carboxylic acids is 3. The van der Waals surface area contributed by atoms with Crippen LogP contribution in [0.1, 0.15) is 26.3 Å². The molecule has 26 heavy (non-hydrogen) atoms. The van der Waals surface area contributed by atoms with Gasteiger partial charge in [0.05, 0.1) is 0 Å². The molecule has 2 heterocycles. The lowest BCUT2D eigenvalue weighted by atomic mass is 10.0. The molecule has 140 valence electrons. The molecule has 3 rings (SSSR count). The zero-order valence-corrected chi connectivity index (χ0v) is 15.0. The van der Waals surface area contributed by atoms with Gasteiger partial charge in [0.25, 0.3) is 5.91 Å². The van der Waals surface area contributed by atoms with Crippen LogP contribution in [-0.4, -0.2) is 54.2 Å². The number of nitrogens with one attached hydrogen (secondary N) is 1. The van der Waals surface area contributed by atoms with Crippen molar-refractivity contribution in [1.82, 2.24) is 10.2 Å². The first kappa shape index (κ1) is 18.0. The van der Waals surface area contributed by atoms with E-state index < -0.39 is 24.0 Å². The monoisotopic (exact) mass is 362 g/mol. The summed E-state index contributed by atoms with van der Waals surface area (Å²) in [7, 11) is 0. The lowest BCUT2D eigenvalue weighted by molar-refractivity contribution is -0.159. The van der Waals surface area contributed by atoms with Crippen LogP contribution in [0.15, 0.2) is 18.2 Å². The average Bonchev–Trinajstić information content (AvgIpc) is 3.13. The SMILES string of the molecule is CC(OC(=O)COc1cccc2c1OC(C)(C)C2)C(=O)N1CCNC1=O. The van der Waals surface area contributed by atoms with Crippen molar-refractivity contribution in [2.45, 2.75) is 38.9 Å². The van der Waals surface area contributed by atoms with E-state index >= 15 is 0 Å². The van der Waals surface area contributed by atoms with Gasteiger partial charge in [-0.2, -0.15) is 0 Å². The standard InChI is InChI=1S/C18H22N2O6/c1-11(16(22)20-8-7-19-17(20)23)25-14(21)10-24-13-6-4-5-12-9-18(2,3)26-15(12)13/h4-6,11H,7-10H2,1-3H3,(H,19,23). The van der Waals surface area contributed by atoms with E-state index in [0.29, 0.717) is 18.0 Å². The van der Waals surface area contributed by atoms with Gasteiger partial charge in [-0.1, -0.05) is 12.1 Å². The number of fused-ring (bicyclic) bond motifs is 1. The Morgan fingerprint density at radius 3 is 2.85 bits per heavy atom. The van der Waals surface area contributed by atoms with Crippen LogP contribution < -0.4 is 14.8 Å². The second-order valence-electron chi connectivity index (χ2n) is 6.93. The molecule has 1 atom stereocenters. The normalized spacial score (nSPS) is 18.6. The number of esters is 1. The van der Waals surface area contributed by atoms with Crippen LogP contribution in [0.4, 0.5) is 4.79 Å². The minimum absolute atomic E-state index is 0.263. The fourth-order valence-corrected chi connectivity index (χ4v) is 3.02. The summed E-state index contributed by atoms with van der Waals surface area (Å²) in [6.07, 6.45) is -0.306. The zero-order chi connectivity index (χ0) is 18.9. The van der Waals surface area contributed by atoms with Crippen LogP contribution in [0.5, 0.6) is 11.5 Å². The van der Waals surface area contributed by atoms with Gasteiger partial charge >= 0.3 is 12.0 Å². The van der Waals surface area contributed by atoms with Crippen molar-refractivity contribution < 1.29 is 28.6 Å². The summed E-state index contributed by atoms with van der Waals surface area (Å²) in [5.74, 6) is -0.162. The third-order valence-corrected chi connectivity index (χ3v) is 4.18. The molecule has 0 bridgehead atoms. The number of carbonyl (C=O) groups is 3. The Balaban J connectivity index is 1.55. The fraction of sp³-hybridized carbons (Fsp3) is 0.500. The number of urea groups is 1. The highest BCUT2D eigenvalue weighted by Crippen LogP contribution is 2.41. The van der Waals surface area contributed by atoms with Gasteiger partial charge in [0.2, 0.25) is 0 Å². The van der Waals surface area contributed by atoms with Gasteiger partial charge in [-0.25, -0.2) is 9.59 Å². The van der Waals surface area contributed by atoms with Gasteiger partial charge in [-0.15, -0.1) is 0 Å². The number of benzene rings is 1. The molecule has 3 amide bonds. The quantitative estimate of drug-likeness (QED) is 0.793. The van der Waals surface area contributed by atoms with Gasteiger partial charge in [-0.05, 0) is 26.8 Å². The predicted octanol–water partition coefficient (Wildman–Crippen LogP) is 1.26. The molecule has 2 aliphatic heterocycles. The van der Waals surface area contributed by atoms with Crippen LogP contribution in [0.25, 0.3) is 0 Å². The molecule has 2 aliphatic rings. The molecule has 0 aliphatic carbocycles. The Hall–Kier alpha value is -2.77. The summed E-state index contributed by atoms with van der Waals surface area (Å²) in [4.78, 5) is 36.6. The summed E-state index contributed by atoms with van der Waals surface area (Å²) in [5.41, 5.74) is 0.698. The minimum Gasteiger partial charge on any atom is -0.483 e. The van der Waals surface area contributed by atoms with Gasteiger partial charge in [0.1, 0.15) is 5.60 Å². The van der Waals surface area contributed by atoms with Crippen molar-refractivity contribution in [2.75, 3.05) is 19.7 Å². The number of amides is 3. The molecule has 1 unspecified atom stereocenters. The smallest absolute Gasteiger partial charge is 0.344 e. The van der Waals surface area contributed by atoms with Gasteiger partial charge in [0, 0.05) is 25.1 Å². The molecule has 0 spiro atoms. The first-order valence-electron chi connectivity index (χ1n) is 8.49. The molecule has 8 heteroatoms. The van der Waals surface area contributed by atoms with Crippen LogP contribution in [0, 0.1) is 0 Å². The van der Waals surface area contributed by atoms with E-state index in [1.54, 1.807) is 6.07 Å². The maximum absolute atomic E-state index is 12.1. The Labute approximate surface area is 151 Å². The number of imide groups is 1. The summed E-state index contributed by atoms with van der Waals surface area (Å²) in [6.45, 7) is 5.69.